The summed E-state index contributed by atoms with van der Waals surface area (Å²) in [6, 6.07) is 6.90. The number of hydrogen-bond donors (Lipinski definition) is 0. The zero-order valence-electron chi connectivity index (χ0n) is 7.16. The number of carbonyl (C=O) groups excluding carboxylic acids is 1. The van der Waals surface area contributed by atoms with E-state index < -0.39 is 6.10 Å². The van der Waals surface area contributed by atoms with Crippen molar-refractivity contribution < 1.29 is 9.53 Å². The first-order valence-electron chi connectivity index (χ1n) is 4.10. The van der Waals surface area contributed by atoms with Crippen molar-refractivity contribution in [3.05, 3.63) is 34.3 Å². The molecular formula is C10H6ClNO2. The fraction of sp³-hybridized carbons (Fsp3) is 0.200. The van der Waals surface area contributed by atoms with Gasteiger partial charge in [0, 0.05) is 10.6 Å². The van der Waals surface area contributed by atoms with Crippen LogP contribution in [0.2, 0.25) is 5.02 Å². The highest BCUT2D eigenvalue weighted by Gasteiger charge is 2.30. The summed E-state index contributed by atoms with van der Waals surface area (Å²) in [5, 5.41) is 9.08. The fourth-order valence-corrected chi connectivity index (χ4v) is 1.66. The van der Waals surface area contributed by atoms with Crippen molar-refractivity contribution >= 4 is 17.6 Å². The summed E-state index contributed by atoms with van der Waals surface area (Å²) in [6.07, 6.45) is -0.291. The highest BCUT2D eigenvalue weighted by Crippen LogP contribution is 2.34. The standard InChI is InChI=1S/C10H6ClNO2/c11-6-1-2-7-8(5-6)9(3-4-12)14-10(7)13/h1-2,5,9H,3H2/t9-/m1/s1. The zero-order valence-corrected chi connectivity index (χ0v) is 7.91. The summed E-state index contributed by atoms with van der Waals surface area (Å²) in [5.74, 6) is -0.378. The van der Waals surface area contributed by atoms with Crippen LogP contribution in [0.3, 0.4) is 0 Å². The van der Waals surface area contributed by atoms with Crippen LogP contribution in [0.4, 0.5) is 0 Å². The van der Waals surface area contributed by atoms with Gasteiger partial charge in [-0.05, 0) is 18.2 Å². The van der Waals surface area contributed by atoms with E-state index in [0.717, 1.165) is 0 Å². The van der Waals surface area contributed by atoms with Gasteiger partial charge < -0.3 is 4.74 Å². The lowest BCUT2D eigenvalue weighted by Gasteiger charge is -2.04. The third-order valence-electron chi connectivity index (χ3n) is 2.11. The average molecular weight is 208 g/mol. The van der Waals surface area contributed by atoms with Crippen LogP contribution in [0.1, 0.15) is 28.4 Å². The molecule has 4 heteroatoms. The molecule has 70 valence electrons. The highest BCUT2D eigenvalue weighted by atomic mass is 35.5. The average Bonchev–Trinajstić information content (AvgIpc) is 2.44. The van der Waals surface area contributed by atoms with Gasteiger partial charge in [-0.25, -0.2) is 4.79 Å². The van der Waals surface area contributed by atoms with Crippen LogP contribution >= 0.6 is 11.6 Å². The minimum absolute atomic E-state index is 0.166. The lowest BCUT2D eigenvalue weighted by Crippen LogP contribution is -1.96. The van der Waals surface area contributed by atoms with Gasteiger partial charge in [-0.2, -0.15) is 5.26 Å². The third-order valence-corrected chi connectivity index (χ3v) is 2.34. The first-order valence-corrected chi connectivity index (χ1v) is 4.47. The Kier molecular flexibility index (Phi) is 2.14. The first kappa shape index (κ1) is 9.04. The van der Waals surface area contributed by atoms with Gasteiger partial charge in [0.05, 0.1) is 18.1 Å². The molecule has 1 aromatic carbocycles. The van der Waals surface area contributed by atoms with E-state index in [2.05, 4.69) is 0 Å². The summed E-state index contributed by atoms with van der Waals surface area (Å²) in [7, 11) is 0. The van der Waals surface area contributed by atoms with Crippen LogP contribution in [0, 0.1) is 11.3 Å². The maximum atomic E-state index is 11.3. The SMILES string of the molecule is N#CC[C@H]1OC(=O)c2ccc(Cl)cc21. The normalized spacial score (nSPS) is 18.6. The topological polar surface area (TPSA) is 50.1 Å². The number of halogens is 1. The van der Waals surface area contributed by atoms with Crippen molar-refractivity contribution in [1.82, 2.24) is 0 Å². The van der Waals surface area contributed by atoms with Gasteiger partial charge in [-0.3, -0.25) is 0 Å². The number of hydrogen-bond acceptors (Lipinski definition) is 3. The Morgan fingerprint density at radius 3 is 3.07 bits per heavy atom. The van der Waals surface area contributed by atoms with E-state index in [-0.39, 0.29) is 12.4 Å². The Labute approximate surface area is 85.9 Å². The van der Waals surface area contributed by atoms with Crippen molar-refractivity contribution in [2.75, 3.05) is 0 Å². The molecule has 0 unspecified atom stereocenters. The smallest absolute Gasteiger partial charge is 0.339 e. The van der Waals surface area contributed by atoms with Crippen LogP contribution in [0.15, 0.2) is 18.2 Å². The van der Waals surface area contributed by atoms with Gasteiger partial charge in [-0.1, -0.05) is 11.6 Å². The summed E-state index contributed by atoms with van der Waals surface area (Å²) >= 11 is 5.79. The largest absolute Gasteiger partial charge is 0.453 e. The molecule has 0 amide bonds. The second-order valence-corrected chi connectivity index (χ2v) is 3.42. The second kappa shape index (κ2) is 3.32. The van der Waals surface area contributed by atoms with Crippen molar-refractivity contribution in [2.24, 2.45) is 0 Å². The Morgan fingerprint density at radius 2 is 2.36 bits per heavy atom. The molecule has 0 aliphatic carbocycles. The van der Waals surface area contributed by atoms with Crippen molar-refractivity contribution in [3.8, 4) is 6.07 Å². The van der Waals surface area contributed by atoms with Crippen LogP contribution < -0.4 is 0 Å². The molecule has 0 fully saturated rings. The minimum atomic E-state index is -0.457. The number of nitriles is 1. The lowest BCUT2D eigenvalue weighted by molar-refractivity contribution is 0.0395. The molecule has 0 N–H and O–H groups in total. The molecule has 0 aromatic heterocycles. The van der Waals surface area contributed by atoms with Gasteiger partial charge in [0.15, 0.2) is 0 Å². The number of benzene rings is 1. The van der Waals surface area contributed by atoms with E-state index in [0.29, 0.717) is 16.1 Å². The molecule has 0 radical (unpaired) electrons. The number of rotatable bonds is 1. The molecule has 2 rings (SSSR count). The molecule has 0 spiro atoms. The molecule has 1 atom stereocenters. The molecule has 0 bridgehead atoms. The van der Waals surface area contributed by atoms with Gasteiger partial charge in [0.25, 0.3) is 0 Å². The molecule has 1 aliphatic heterocycles. The maximum absolute atomic E-state index is 11.3. The highest BCUT2D eigenvalue weighted by molar-refractivity contribution is 6.30. The van der Waals surface area contributed by atoms with E-state index in [9.17, 15) is 4.79 Å². The Balaban J connectivity index is 2.46. The van der Waals surface area contributed by atoms with Crippen molar-refractivity contribution in [3.63, 3.8) is 0 Å². The van der Waals surface area contributed by atoms with Crippen molar-refractivity contribution in [1.29, 1.82) is 5.26 Å². The van der Waals surface area contributed by atoms with Gasteiger partial charge in [-0.15, -0.1) is 0 Å². The van der Waals surface area contributed by atoms with Crippen LogP contribution in [0.5, 0.6) is 0 Å². The number of esters is 1. The number of nitrogens with zero attached hydrogens (tertiary/aromatic N) is 1. The predicted molar refractivity (Wildman–Crippen MR) is 49.8 cm³/mol. The minimum Gasteiger partial charge on any atom is -0.453 e. The van der Waals surface area contributed by atoms with E-state index >= 15 is 0 Å². The Hall–Kier alpha value is -1.53. The van der Waals surface area contributed by atoms with Gasteiger partial charge >= 0.3 is 5.97 Å². The van der Waals surface area contributed by atoms with E-state index in [1.807, 2.05) is 6.07 Å². The Bertz CT molecular complexity index is 436. The number of carbonyl (C=O) groups is 1. The van der Waals surface area contributed by atoms with Crippen LogP contribution in [0.25, 0.3) is 0 Å². The molecule has 14 heavy (non-hydrogen) atoms. The van der Waals surface area contributed by atoms with Gasteiger partial charge in [0.1, 0.15) is 6.10 Å². The Morgan fingerprint density at radius 1 is 1.57 bits per heavy atom. The lowest BCUT2D eigenvalue weighted by atomic mass is 10.0. The molecule has 1 heterocycles. The quantitative estimate of drug-likeness (QED) is 0.665. The summed E-state index contributed by atoms with van der Waals surface area (Å²) in [5.41, 5.74) is 1.22. The predicted octanol–water partition coefficient (Wildman–Crippen LogP) is 2.47. The fourth-order valence-electron chi connectivity index (χ4n) is 1.48. The zero-order chi connectivity index (χ0) is 10.1. The van der Waals surface area contributed by atoms with Crippen LogP contribution in [-0.2, 0) is 4.74 Å². The number of cyclic esters (lactones) is 1. The van der Waals surface area contributed by atoms with Crippen molar-refractivity contribution in [2.45, 2.75) is 12.5 Å². The van der Waals surface area contributed by atoms with E-state index in [1.165, 1.54) is 0 Å². The summed E-state index contributed by atoms with van der Waals surface area (Å²) in [6.45, 7) is 0. The molecule has 0 saturated heterocycles. The first-order chi connectivity index (χ1) is 6.72. The second-order valence-electron chi connectivity index (χ2n) is 2.99. The van der Waals surface area contributed by atoms with Gasteiger partial charge in [0.2, 0.25) is 0 Å². The maximum Gasteiger partial charge on any atom is 0.339 e. The number of ether oxygens (including phenoxy) is 1. The molecule has 1 aromatic rings. The number of fused-ring (bicyclic) bond motifs is 1. The third kappa shape index (κ3) is 1.34. The molecule has 3 nitrogen and oxygen atoms in total. The van der Waals surface area contributed by atoms with Crippen LogP contribution in [-0.4, -0.2) is 5.97 Å². The monoisotopic (exact) mass is 207 g/mol. The molecule has 0 saturated carbocycles. The molecule has 1 aliphatic rings. The summed E-state index contributed by atoms with van der Waals surface area (Å²) < 4.78 is 5.01. The van der Waals surface area contributed by atoms with E-state index in [1.54, 1.807) is 18.2 Å². The molecular weight excluding hydrogens is 202 g/mol. The summed E-state index contributed by atoms with van der Waals surface area (Å²) in [4.78, 5) is 11.3. The van der Waals surface area contributed by atoms with E-state index in [4.69, 9.17) is 21.6 Å².